The van der Waals surface area contributed by atoms with Crippen molar-refractivity contribution < 1.29 is 9.53 Å². The highest BCUT2D eigenvalue weighted by Gasteiger charge is 2.17. The smallest absolute Gasteiger partial charge is 0.262 e. The Kier molecular flexibility index (Phi) is 8.59. The first-order chi connectivity index (χ1) is 16.9. The summed E-state index contributed by atoms with van der Waals surface area (Å²) < 4.78 is 7.17. The molecule has 3 aromatic rings. The standard InChI is InChI=1S/C27H34N4O3S/c1-20-9-10-22(21(2)17-20)18-29(3)25(32)19-35-27-28-24-8-5-4-7-23(24)26(33)31(27)12-6-11-30-13-15-34-16-14-30/h4-5,7-10,17H,6,11-16,18-19H2,1-3H3. The molecule has 2 aromatic carbocycles. The number of nitrogens with zero attached hydrogens (tertiary/aromatic N) is 4. The maximum absolute atomic E-state index is 13.3. The third-order valence-corrected chi connectivity index (χ3v) is 7.40. The Labute approximate surface area is 211 Å². The second-order valence-electron chi connectivity index (χ2n) is 9.14. The van der Waals surface area contributed by atoms with Crippen LogP contribution in [0.25, 0.3) is 10.9 Å². The van der Waals surface area contributed by atoms with Crippen LogP contribution < -0.4 is 5.56 Å². The molecule has 1 saturated heterocycles. The van der Waals surface area contributed by atoms with Gasteiger partial charge in [0.05, 0.1) is 29.9 Å². The topological polar surface area (TPSA) is 67.7 Å². The summed E-state index contributed by atoms with van der Waals surface area (Å²) in [5.41, 5.74) is 4.16. The number of benzene rings is 2. The van der Waals surface area contributed by atoms with Gasteiger partial charge in [-0.1, -0.05) is 47.7 Å². The third kappa shape index (κ3) is 6.51. The fraction of sp³-hybridized carbons (Fsp3) is 0.444. The highest BCUT2D eigenvalue weighted by atomic mass is 32.2. The zero-order valence-electron chi connectivity index (χ0n) is 20.8. The number of aryl methyl sites for hydroxylation is 2. The van der Waals surface area contributed by atoms with Crippen molar-refractivity contribution in [1.29, 1.82) is 0 Å². The van der Waals surface area contributed by atoms with Gasteiger partial charge >= 0.3 is 0 Å². The summed E-state index contributed by atoms with van der Waals surface area (Å²) in [5, 5.41) is 1.21. The van der Waals surface area contributed by atoms with E-state index in [2.05, 4.69) is 36.9 Å². The van der Waals surface area contributed by atoms with E-state index in [0.717, 1.165) is 44.8 Å². The number of fused-ring (bicyclic) bond motifs is 1. The lowest BCUT2D eigenvalue weighted by molar-refractivity contribution is -0.127. The van der Waals surface area contributed by atoms with Crippen molar-refractivity contribution in [1.82, 2.24) is 19.4 Å². The van der Waals surface area contributed by atoms with Crippen LogP contribution in [-0.4, -0.2) is 70.9 Å². The number of carbonyl (C=O) groups is 1. The quantitative estimate of drug-likeness (QED) is 0.335. The van der Waals surface area contributed by atoms with E-state index in [1.165, 1.54) is 22.9 Å². The average molecular weight is 495 g/mol. The number of hydrogen-bond donors (Lipinski definition) is 0. The Morgan fingerprint density at radius 2 is 1.89 bits per heavy atom. The van der Waals surface area contributed by atoms with Crippen LogP contribution in [0.4, 0.5) is 0 Å². The summed E-state index contributed by atoms with van der Waals surface area (Å²) in [5.74, 6) is 0.243. The molecule has 4 rings (SSSR count). The van der Waals surface area contributed by atoms with E-state index in [1.54, 1.807) is 9.47 Å². The molecule has 186 valence electrons. The third-order valence-electron chi connectivity index (χ3n) is 6.44. The summed E-state index contributed by atoms with van der Waals surface area (Å²) in [6.45, 7) is 9.55. The van der Waals surface area contributed by atoms with Crippen LogP contribution in [0, 0.1) is 13.8 Å². The van der Waals surface area contributed by atoms with Gasteiger partial charge in [-0.25, -0.2) is 4.98 Å². The van der Waals surface area contributed by atoms with Gasteiger partial charge in [-0.05, 0) is 43.5 Å². The highest BCUT2D eigenvalue weighted by molar-refractivity contribution is 7.99. The number of aromatic nitrogens is 2. The van der Waals surface area contributed by atoms with Crippen LogP contribution in [0.2, 0.25) is 0 Å². The van der Waals surface area contributed by atoms with Gasteiger partial charge in [0.25, 0.3) is 5.56 Å². The molecule has 1 aliphatic rings. The molecule has 0 bridgehead atoms. The molecule has 35 heavy (non-hydrogen) atoms. The fourth-order valence-corrected chi connectivity index (χ4v) is 5.30. The van der Waals surface area contributed by atoms with Crippen LogP contribution >= 0.6 is 11.8 Å². The molecular weight excluding hydrogens is 460 g/mol. The van der Waals surface area contributed by atoms with Gasteiger partial charge in [0.15, 0.2) is 5.16 Å². The molecule has 0 spiro atoms. The second kappa shape index (κ2) is 11.8. The van der Waals surface area contributed by atoms with Gasteiger partial charge < -0.3 is 9.64 Å². The molecule has 1 amide bonds. The maximum atomic E-state index is 13.3. The van der Waals surface area contributed by atoms with Crippen molar-refractivity contribution in [3.8, 4) is 0 Å². The number of thioether (sulfide) groups is 1. The van der Waals surface area contributed by atoms with E-state index >= 15 is 0 Å². The predicted octanol–water partition coefficient (Wildman–Crippen LogP) is 3.49. The first-order valence-electron chi connectivity index (χ1n) is 12.1. The van der Waals surface area contributed by atoms with E-state index in [-0.39, 0.29) is 17.2 Å². The van der Waals surface area contributed by atoms with Gasteiger partial charge in [-0.3, -0.25) is 19.1 Å². The number of rotatable bonds is 9. The molecule has 1 fully saturated rings. The lowest BCUT2D eigenvalue weighted by atomic mass is 10.1. The molecular formula is C27H34N4O3S. The molecule has 0 N–H and O–H groups in total. The molecule has 2 heterocycles. The molecule has 0 aliphatic carbocycles. The summed E-state index contributed by atoms with van der Waals surface area (Å²) in [6.07, 6.45) is 0.841. The number of carbonyl (C=O) groups excluding carboxylic acids is 1. The molecule has 1 aliphatic heterocycles. The summed E-state index contributed by atoms with van der Waals surface area (Å²) in [4.78, 5) is 35.1. The first-order valence-corrected chi connectivity index (χ1v) is 13.1. The van der Waals surface area contributed by atoms with E-state index in [1.807, 2.05) is 31.3 Å². The Hall–Kier alpha value is -2.68. The van der Waals surface area contributed by atoms with Gasteiger partial charge in [0, 0.05) is 39.8 Å². The van der Waals surface area contributed by atoms with Crippen LogP contribution in [0.15, 0.2) is 52.4 Å². The van der Waals surface area contributed by atoms with Crippen LogP contribution in [0.5, 0.6) is 0 Å². The Balaban J connectivity index is 1.46. The Morgan fingerprint density at radius 3 is 2.66 bits per heavy atom. The Morgan fingerprint density at radius 1 is 1.11 bits per heavy atom. The minimum atomic E-state index is -0.0452. The number of morpholine rings is 1. The fourth-order valence-electron chi connectivity index (χ4n) is 4.34. The number of ether oxygens (including phenoxy) is 1. The SMILES string of the molecule is Cc1ccc(CN(C)C(=O)CSc2nc3ccccc3c(=O)n2CCCN2CCOCC2)c(C)c1. The lowest BCUT2D eigenvalue weighted by Crippen LogP contribution is -2.37. The zero-order chi connectivity index (χ0) is 24.8. The highest BCUT2D eigenvalue weighted by Crippen LogP contribution is 2.20. The van der Waals surface area contributed by atoms with E-state index < -0.39 is 0 Å². The van der Waals surface area contributed by atoms with Gasteiger partial charge in [-0.15, -0.1) is 0 Å². The Bertz CT molecular complexity index is 1240. The van der Waals surface area contributed by atoms with E-state index in [9.17, 15) is 9.59 Å². The van der Waals surface area contributed by atoms with Crippen molar-refractivity contribution in [2.45, 2.75) is 38.5 Å². The maximum Gasteiger partial charge on any atom is 0.262 e. The van der Waals surface area contributed by atoms with Gasteiger partial charge in [0.2, 0.25) is 5.91 Å². The lowest BCUT2D eigenvalue weighted by Gasteiger charge is -2.26. The molecule has 0 unspecified atom stereocenters. The van der Waals surface area contributed by atoms with Crippen LogP contribution in [0.3, 0.4) is 0 Å². The summed E-state index contributed by atoms with van der Waals surface area (Å²) in [6, 6.07) is 13.7. The van der Waals surface area contributed by atoms with Crippen LogP contribution in [-0.2, 0) is 22.6 Å². The van der Waals surface area contributed by atoms with Gasteiger partial charge in [0.1, 0.15) is 0 Å². The molecule has 1 aromatic heterocycles. The predicted molar refractivity (Wildman–Crippen MR) is 141 cm³/mol. The minimum absolute atomic E-state index is 0.0113. The number of hydrogen-bond acceptors (Lipinski definition) is 6. The first kappa shape index (κ1) is 25.4. The molecule has 7 nitrogen and oxygen atoms in total. The normalized spacial score (nSPS) is 14.4. The summed E-state index contributed by atoms with van der Waals surface area (Å²) >= 11 is 1.34. The largest absolute Gasteiger partial charge is 0.379 e. The monoisotopic (exact) mass is 494 g/mol. The molecule has 0 atom stereocenters. The van der Waals surface area contributed by atoms with Crippen molar-refractivity contribution in [2.75, 3.05) is 45.6 Å². The number of amides is 1. The molecule has 0 saturated carbocycles. The van der Waals surface area contributed by atoms with Crippen LogP contribution in [0.1, 0.15) is 23.1 Å². The van der Waals surface area contributed by atoms with Crippen molar-refractivity contribution in [3.63, 3.8) is 0 Å². The summed E-state index contributed by atoms with van der Waals surface area (Å²) in [7, 11) is 1.82. The van der Waals surface area contributed by atoms with Crippen molar-refractivity contribution in [2.24, 2.45) is 0 Å². The van der Waals surface area contributed by atoms with E-state index in [4.69, 9.17) is 9.72 Å². The van der Waals surface area contributed by atoms with Gasteiger partial charge in [-0.2, -0.15) is 0 Å². The molecule has 0 radical (unpaired) electrons. The van der Waals surface area contributed by atoms with Crippen molar-refractivity contribution >= 4 is 28.6 Å². The van der Waals surface area contributed by atoms with Crippen molar-refractivity contribution in [3.05, 3.63) is 69.5 Å². The second-order valence-corrected chi connectivity index (χ2v) is 10.1. The van der Waals surface area contributed by atoms with E-state index in [0.29, 0.717) is 29.1 Å². The molecule has 8 heteroatoms. The number of para-hydroxylation sites is 1. The average Bonchev–Trinajstić information content (AvgIpc) is 2.86. The zero-order valence-corrected chi connectivity index (χ0v) is 21.6. The minimum Gasteiger partial charge on any atom is -0.379 e.